The van der Waals surface area contributed by atoms with Gasteiger partial charge in [0, 0.05) is 23.2 Å². The zero-order valence-corrected chi connectivity index (χ0v) is 22.5. The zero-order valence-electron chi connectivity index (χ0n) is 21.7. The zero-order chi connectivity index (χ0) is 29.0. The fraction of sp³-hybridized carbons (Fsp3) is 0.385. The van der Waals surface area contributed by atoms with E-state index in [2.05, 4.69) is 39.8 Å². The van der Waals surface area contributed by atoms with Crippen molar-refractivity contribution < 1.29 is 32.3 Å². The van der Waals surface area contributed by atoms with Crippen LogP contribution in [0.2, 0.25) is 0 Å². The van der Waals surface area contributed by atoms with Crippen molar-refractivity contribution >= 4 is 35.0 Å². The molecule has 0 aliphatic carbocycles. The number of carbonyl (C=O) groups excluding carboxylic acids is 1. The standard InChI is InChI=1S/C24H30FN5OS.C2HF3O2/c1-16(2)13-21(23(31)27-15-20-5-4-12-32-20)29-22-14-17(3)28-24(30-22)26-11-10-18-6-8-19(25)9-7-18;3-2(4,5)1(6)7/h4-9,12,14,16,21H,10-11,13,15H2,1-3H3,(H,27,31)(H2,26,28,29,30);(H,6,7)/t21-;/m0./s1. The van der Waals surface area contributed by atoms with E-state index in [4.69, 9.17) is 9.90 Å². The number of rotatable bonds is 11. The van der Waals surface area contributed by atoms with Gasteiger partial charge in [0.1, 0.15) is 17.7 Å². The summed E-state index contributed by atoms with van der Waals surface area (Å²) in [6.07, 6.45) is -3.67. The number of alkyl halides is 3. The predicted molar refractivity (Wildman–Crippen MR) is 142 cm³/mol. The van der Waals surface area contributed by atoms with Gasteiger partial charge in [-0.25, -0.2) is 14.2 Å². The Hall–Kier alpha value is -3.74. The monoisotopic (exact) mass is 569 g/mol. The lowest BCUT2D eigenvalue weighted by molar-refractivity contribution is -0.192. The molecule has 1 amide bonds. The number of carboxylic acid groups (broad SMARTS) is 1. The number of thiophene rings is 1. The third-order valence-electron chi connectivity index (χ3n) is 5.07. The number of amides is 1. The predicted octanol–water partition coefficient (Wildman–Crippen LogP) is 5.42. The van der Waals surface area contributed by atoms with Gasteiger partial charge < -0.3 is 21.1 Å². The molecule has 0 aliphatic heterocycles. The number of aliphatic carboxylic acids is 1. The van der Waals surface area contributed by atoms with Crippen LogP contribution in [-0.4, -0.2) is 45.7 Å². The molecule has 1 aromatic carbocycles. The van der Waals surface area contributed by atoms with Gasteiger partial charge in [0.05, 0.1) is 6.54 Å². The van der Waals surface area contributed by atoms with Gasteiger partial charge in [-0.3, -0.25) is 4.79 Å². The van der Waals surface area contributed by atoms with Gasteiger partial charge in [0.2, 0.25) is 11.9 Å². The summed E-state index contributed by atoms with van der Waals surface area (Å²) in [6.45, 7) is 7.22. The van der Waals surface area contributed by atoms with Gasteiger partial charge in [-0.2, -0.15) is 18.2 Å². The fourth-order valence-corrected chi connectivity index (χ4v) is 3.93. The first-order valence-corrected chi connectivity index (χ1v) is 12.9. The van der Waals surface area contributed by atoms with Crippen molar-refractivity contribution in [3.05, 3.63) is 69.8 Å². The molecule has 0 aliphatic rings. The van der Waals surface area contributed by atoms with Crippen LogP contribution in [-0.2, 0) is 22.6 Å². The van der Waals surface area contributed by atoms with Crippen molar-refractivity contribution in [2.24, 2.45) is 5.92 Å². The number of aromatic nitrogens is 2. The van der Waals surface area contributed by atoms with Crippen LogP contribution in [0, 0.1) is 18.7 Å². The van der Waals surface area contributed by atoms with E-state index in [1.54, 1.807) is 23.5 Å². The van der Waals surface area contributed by atoms with Crippen LogP contribution in [0.3, 0.4) is 0 Å². The summed E-state index contributed by atoms with van der Waals surface area (Å²) in [5.41, 5.74) is 1.83. The molecule has 0 saturated carbocycles. The largest absolute Gasteiger partial charge is 0.490 e. The molecule has 0 fully saturated rings. The second-order valence-electron chi connectivity index (χ2n) is 8.95. The third-order valence-corrected chi connectivity index (χ3v) is 5.95. The van der Waals surface area contributed by atoms with E-state index in [1.165, 1.54) is 12.1 Å². The van der Waals surface area contributed by atoms with Crippen molar-refractivity contribution in [2.45, 2.75) is 52.4 Å². The molecule has 0 bridgehead atoms. The fourth-order valence-electron chi connectivity index (χ4n) is 3.28. The molecule has 8 nitrogen and oxygen atoms in total. The lowest BCUT2D eigenvalue weighted by Crippen LogP contribution is -2.40. The van der Waals surface area contributed by atoms with Crippen LogP contribution in [0.5, 0.6) is 0 Å². The minimum absolute atomic E-state index is 0.0471. The molecule has 0 saturated heterocycles. The molecular weight excluding hydrogens is 538 g/mol. The first-order chi connectivity index (χ1) is 18.3. The molecule has 2 heterocycles. The average molecular weight is 570 g/mol. The van der Waals surface area contributed by atoms with Crippen molar-refractivity contribution in [3.63, 3.8) is 0 Å². The summed E-state index contributed by atoms with van der Waals surface area (Å²) in [4.78, 5) is 31.8. The molecule has 13 heteroatoms. The highest BCUT2D eigenvalue weighted by Gasteiger charge is 2.38. The molecular formula is C26H31F4N5O3S. The third kappa shape index (κ3) is 12.1. The van der Waals surface area contributed by atoms with Gasteiger partial charge >= 0.3 is 12.1 Å². The van der Waals surface area contributed by atoms with Crippen LogP contribution in [0.25, 0.3) is 0 Å². The second kappa shape index (κ2) is 15.0. The van der Waals surface area contributed by atoms with E-state index < -0.39 is 18.2 Å². The van der Waals surface area contributed by atoms with Gasteiger partial charge in [0.25, 0.3) is 0 Å². The molecule has 3 rings (SSSR count). The molecule has 0 spiro atoms. The van der Waals surface area contributed by atoms with Gasteiger partial charge in [0.15, 0.2) is 0 Å². The lowest BCUT2D eigenvalue weighted by atomic mass is 10.0. The SMILES string of the molecule is Cc1cc(N[C@@H](CC(C)C)C(=O)NCc2cccs2)nc(NCCc2ccc(F)cc2)n1.O=C(O)C(F)(F)F. The number of benzene rings is 1. The smallest absolute Gasteiger partial charge is 0.475 e. The van der Waals surface area contributed by atoms with Gasteiger partial charge in [-0.15, -0.1) is 11.3 Å². The van der Waals surface area contributed by atoms with E-state index in [-0.39, 0.29) is 11.7 Å². The van der Waals surface area contributed by atoms with Gasteiger partial charge in [-0.05, 0) is 54.8 Å². The number of halogens is 4. The Bertz CT molecular complexity index is 1190. The first kappa shape index (κ1) is 31.5. The maximum Gasteiger partial charge on any atom is 0.490 e. The number of carbonyl (C=O) groups is 2. The van der Waals surface area contributed by atoms with Crippen molar-refractivity contribution in [1.29, 1.82) is 0 Å². The Kier molecular flexibility index (Phi) is 12.1. The summed E-state index contributed by atoms with van der Waals surface area (Å²) in [5, 5.41) is 18.7. The number of nitrogens with one attached hydrogen (secondary N) is 3. The number of nitrogens with zero attached hydrogens (tertiary/aromatic N) is 2. The molecule has 3 aromatic rings. The van der Waals surface area contributed by atoms with Crippen LogP contribution >= 0.6 is 11.3 Å². The van der Waals surface area contributed by atoms with E-state index in [9.17, 15) is 22.4 Å². The maximum atomic E-state index is 13.1. The number of carboxylic acids is 1. The molecule has 39 heavy (non-hydrogen) atoms. The molecule has 0 unspecified atom stereocenters. The van der Waals surface area contributed by atoms with Gasteiger partial charge in [-0.1, -0.05) is 32.0 Å². The molecule has 1 atom stereocenters. The summed E-state index contributed by atoms with van der Waals surface area (Å²) in [5.74, 6) is -1.59. The maximum absolute atomic E-state index is 13.1. The number of hydrogen-bond acceptors (Lipinski definition) is 7. The van der Waals surface area contributed by atoms with Crippen molar-refractivity contribution in [3.8, 4) is 0 Å². The first-order valence-electron chi connectivity index (χ1n) is 12.0. The highest BCUT2D eigenvalue weighted by atomic mass is 32.1. The highest BCUT2D eigenvalue weighted by molar-refractivity contribution is 7.09. The molecule has 2 aromatic heterocycles. The Morgan fingerprint density at radius 2 is 1.77 bits per heavy atom. The van der Waals surface area contributed by atoms with E-state index in [1.807, 2.05) is 30.5 Å². The Labute approximate surface area is 227 Å². The number of hydrogen-bond donors (Lipinski definition) is 4. The lowest BCUT2D eigenvalue weighted by Gasteiger charge is -2.21. The highest BCUT2D eigenvalue weighted by Crippen LogP contribution is 2.16. The molecule has 212 valence electrons. The van der Waals surface area contributed by atoms with Crippen LogP contribution in [0.1, 0.15) is 36.4 Å². The Morgan fingerprint density at radius 1 is 1.10 bits per heavy atom. The Balaban J connectivity index is 0.000000673. The van der Waals surface area contributed by atoms with Crippen molar-refractivity contribution in [2.75, 3.05) is 17.2 Å². The molecule has 0 radical (unpaired) electrons. The van der Waals surface area contributed by atoms with Crippen LogP contribution < -0.4 is 16.0 Å². The normalized spacial score (nSPS) is 11.8. The number of aryl methyl sites for hydroxylation is 1. The topological polar surface area (TPSA) is 116 Å². The molecule has 4 N–H and O–H groups in total. The van der Waals surface area contributed by atoms with Crippen LogP contribution in [0.15, 0.2) is 47.8 Å². The average Bonchev–Trinajstić information content (AvgIpc) is 3.36. The minimum atomic E-state index is -5.08. The summed E-state index contributed by atoms with van der Waals surface area (Å²) in [6, 6.07) is 11.9. The summed E-state index contributed by atoms with van der Waals surface area (Å²) < 4.78 is 44.8. The summed E-state index contributed by atoms with van der Waals surface area (Å²) in [7, 11) is 0. The quantitative estimate of drug-likeness (QED) is 0.228. The van der Waals surface area contributed by atoms with Crippen LogP contribution in [0.4, 0.5) is 29.3 Å². The van der Waals surface area contributed by atoms with E-state index in [0.29, 0.717) is 37.2 Å². The van der Waals surface area contributed by atoms with Crippen molar-refractivity contribution in [1.82, 2.24) is 15.3 Å². The van der Waals surface area contributed by atoms with E-state index in [0.717, 1.165) is 22.6 Å². The van der Waals surface area contributed by atoms with E-state index >= 15 is 0 Å². The Morgan fingerprint density at radius 3 is 2.33 bits per heavy atom. The minimum Gasteiger partial charge on any atom is -0.475 e. The summed E-state index contributed by atoms with van der Waals surface area (Å²) >= 11 is 1.62. The number of anilines is 2. The second-order valence-corrected chi connectivity index (χ2v) is 9.98.